The molecule has 3 nitrogen and oxygen atoms in total. The summed E-state index contributed by atoms with van der Waals surface area (Å²) in [7, 11) is 0. The van der Waals surface area contributed by atoms with Crippen LogP contribution < -0.4 is 4.90 Å². The molecule has 0 spiro atoms. The number of carbonyl (C=O) groups excluding carboxylic acids is 1. The van der Waals surface area contributed by atoms with Gasteiger partial charge >= 0.3 is 6.09 Å². The molecule has 1 atom stereocenters. The van der Waals surface area contributed by atoms with Crippen molar-refractivity contribution in [2.24, 2.45) is 0 Å². The molecule has 1 fully saturated rings. The Kier molecular flexibility index (Phi) is 2.95. The van der Waals surface area contributed by atoms with Crippen LogP contribution in [0.1, 0.15) is 13.3 Å². The van der Waals surface area contributed by atoms with Crippen LogP contribution >= 0.6 is 15.9 Å². The van der Waals surface area contributed by atoms with E-state index in [4.69, 9.17) is 4.74 Å². The van der Waals surface area contributed by atoms with Crippen LogP contribution in [-0.4, -0.2) is 18.7 Å². The zero-order valence-corrected chi connectivity index (χ0v) is 10.0. The molecule has 1 saturated heterocycles. The van der Waals surface area contributed by atoms with Crippen molar-refractivity contribution in [3.63, 3.8) is 0 Å². The number of benzene rings is 1. The van der Waals surface area contributed by atoms with Crippen molar-refractivity contribution in [1.82, 2.24) is 0 Å². The van der Waals surface area contributed by atoms with Gasteiger partial charge < -0.3 is 4.74 Å². The lowest BCUT2D eigenvalue weighted by molar-refractivity contribution is 0.131. The van der Waals surface area contributed by atoms with Crippen LogP contribution in [0.15, 0.2) is 28.7 Å². The van der Waals surface area contributed by atoms with E-state index in [1.54, 1.807) is 4.90 Å². The predicted molar refractivity (Wildman–Crippen MR) is 62.0 cm³/mol. The second-order valence-electron chi connectivity index (χ2n) is 3.60. The number of cyclic esters (lactones) is 1. The number of carbonyl (C=O) groups is 1. The SMILES string of the molecule is CC1CCOC(=O)N1c1ccc(Br)cc1. The Labute approximate surface area is 97.2 Å². The lowest BCUT2D eigenvalue weighted by Gasteiger charge is -2.32. The number of rotatable bonds is 1. The second-order valence-corrected chi connectivity index (χ2v) is 4.51. The molecule has 1 unspecified atom stereocenters. The van der Waals surface area contributed by atoms with Crippen LogP contribution in [0.4, 0.5) is 10.5 Å². The van der Waals surface area contributed by atoms with E-state index in [2.05, 4.69) is 15.9 Å². The third-order valence-electron chi connectivity index (χ3n) is 2.50. The lowest BCUT2D eigenvalue weighted by Crippen LogP contribution is -2.44. The van der Waals surface area contributed by atoms with Crippen molar-refractivity contribution in [2.75, 3.05) is 11.5 Å². The summed E-state index contributed by atoms with van der Waals surface area (Å²) >= 11 is 3.36. The van der Waals surface area contributed by atoms with Crippen LogP contribution in [0.5, 0.6) is 0 Å². The first-order chi connectivity index (χ1) is 7.18. The Hall–Kier alpha value is -1.03. The molecule has 15 heavy (non-hydrogen) atoms. The highest BCUT2D eigenvalue weighted by atomic mass is 79.9. The monoisotopic (exact) mass is 269 g/mol. The Morgan fingerprint density at radius 3 is 2.67 bits per heavy atom. The third-order valence-corrected chi connectivity index (χ3v) is 3.03. The third kappa shape index (κ3) is 2.15. The molecule has 0 bridgehead atoms. The van der Waals surface area contributed by atoms with Gasteiger partial charge in [-0.1, -0.05) is 15.9 Å². The molecular weight excluding hydrogens is 258 g/mol. The average Bonchev–Trinajstić information content (AvgIpc) is 2.20. The molecule has 0 radical (unpaired) electrons. The number of nitrogens with zero attached hydrogens (tertiary/aromatic N) is 1. The highest BCUT2D eigenvalue weighted by molar-refractivity contribution is 9.10. The quantitative estimate of drug-likeness (QED) is 0.784. The highest BCUT2D eigenvalue weighted by Crippen LogP contribution is 2.24. The van der Waals surface area contributed by atoms with Crippen LogP contribution in [0.2, 0.25) is 0 Å². The van der Waals surface area contributed by atoms with Gasteiger partial charge in [-0.05, 0) is 31.2 Å². The number of anilines is 1. The Morgan fingerprint density at radius 1 is 1.40 bits per heavy atom. The summed E-state index contributed by atoms with van der Waals surface area (Å²) in [5.41, 5.74) is 0.885. The van der Waals surface area contributed by atoms with Crippen LogP contribution in [0, 0.1) is 0 Å². The van der Waals surface area contributed by atoms with Crippen molar-refractivity contribution >= 4 is 27.7 Å². The molecule has 0 aliphatic carbocycles. The molecule has 80 valence electrons. The minimum Gasteiger partial charge on any atom is -0.449 e. The number of ether oxygens (including phenoxy) is 1. The lowest BCUT2D eigenvalue weighted by atomic mass is 10.1. The maximum atomic E-state index is 11.6. The fourth-order valence-electron chi connectivity index (χ4n) is 1.66. The Bertz CT molecular complexity index is 363. The van der Waals surface area contributed by atoms with Gasteiger partial charge in [0.05, 0.1) is 6.61 Å². The molecule has 0 aromatic heterocycles. The van der Waals surface area contributed by atoms with Crippen molar-refractivity contribution in [3.05, 3.63) is 28.7 Å². The van der Waals surface area contributed by atoms with E-state index in [0.717, 1.165) is 16.6 Å². The van der Waals surface area contributed by atoms with Gasteiger partial charge in [-0.2, -0.15) is 0 Å². The molecule has 1 amide bonds. The molecular formula is C11H12BrNO2. The maximum absolute atomic E-state index is 11.6. The van der Waals surface area contributed by atoms with Crippen molar-refractivity contribution in [1.29, 1.82) is 0 Å². The zero-order valence-electron chi connectivity index (χ0n) is 8.44. The topological polar surface area (TPSA) is 29.5 Å². The van der Waals surface area contributed by atoms with E-state index in [0.29, 0.717) is 6.61 Å². The average molecular weight is 270 g/mol. The van der Waals surface area contributed by atoms with Gasteiger partial charge in [-0.25, -0.2) is 4.79 Å². The van der Waals surface area contributed by atoms with E-state index in [9.17, 15) is 4.79 Å². The molecule has 4 heteroatoms. The second kappa shape index (κ2) is 4.23. The van der Waals surface area contributed by atoms with Crippen molar-refractivity contribution in [3.8, 4) is 0 Å². The van der Waals surface area contributed by atoms with Gasteiger partial charge in [0.25, 0.3) is 0 Å². The van der Waals surface area contributed by atoms with E-state index in [1.807, 2.05) is 31.2 Å². The van der Waals surface area contributed by atoms with Gasteiger partial charge in [-0.15, -0.1) is 0 Å². The van der Waals surface area contributed by atoms with E-state index < -0.39 is 0 Å². The molecule has 1 aliphatic heterocycles. The first-order valence-electron chi connectivity index (χ1n) is 4.90. The van der Waals surface area contributed by atoms with E-state index in [1.165, 1.54) is 0 Å². The number of amides is 1. The summed E-state index contributed by atoms with van der Waals surface area (Å²) in [4.78, 5) is 13.3. The van der Waals surface area contributed by atoms with Crippen LogP contribution in [-0.2, 0) is 4.74 Å². The largest absolute Gasteiger partial charge is 0.449 e. The van der Waals surface area contributed by atoms with Crippen LogP contribution in [0.3, 0.4) is 0 Å². The van der Waals surface area contributed by atoms with Gasteiger partial charge in [0.2, 0.25) is 0 Å². The Morgan fingerprint density at radius 2 is 2.07 bits per heavy atom. The maximum Gasteiger partial charge on any atom is 0.414 e. The molecule has 1 aromatic carbocycles. The predicted octanol–water partition coefficient (Wildman–Crippen LogP) is 3.18. The molecule has 0 N–H and O–H groups in total. The molecule has 1 aromatic rings. The van der Waals surface area contributed by atoms with Gasteiger partial charge in [0, 0.05) is 22.6 Å². The standard InChI is InChI=1S/C11H12BrNO2/c1-8-6-7-15-11(14)13(8)10-4-2-9(12)3-5-10/h2-5,8H,6-7H2,1H3. The molecule has 2 rings (SSSR count). The minimum atomic E-state index is -0.254. The summed E-state index contributed by atoms with van der Waals surface area (Å²) in [6.45, 7) is 2.55. The van der Waals surface area contributed by atoms with Gasteiger partial charge in [-0.3, -0.25) is 4.90 Å². The van der Waals surface area contributed by atoms with Gasteiger partial charge in [0.1, 0.15) is 0 Å². The highest BCUT2D eigenvalue weighted by Gasteiger charge is 2.27. The summed E-state index contributed by atoms with van der Waals surface area (Å²) in [5.74, 6) is 0. The summed E-state index contributed by atoms with van der Waals surface area (Å²) in [5, 5.41) is 0. The zero-order chi connectivity index (χ0) is 10.8. The molecule has 1 aliphatic rings. The Balaban J connectivity index is 2.27. The molecule has 1 heterocycles. The number of hydrogen-bond acceptors (Lipinski definition) is 2. The first kappa shape index (κ1) is 10.5. The van der Waals surface area contributed by atoms with E-state index in [-0.39, 0.29) is 12.1 Å². The fraction of sp³-hybridized carbons (Fsp3) is 0.364. The van der Waals surface area contributed by atoms with E-state index >= 15 is 0 Å². The summed E-state index contributed by atoms with van der Waals surface area (Å²) < 4.78 is 6.02. The molecule has 0 saturated carbocycles. The number of halogens is 1. The summed E-state index contributed by atoms with van der Waals surface area (Å²) in [6, 6.07) is 7.86. The minimum absolute atomic E-state index is 0.201. The van der Waals surface area contributed by atoms with Crippen molar-refractivity contribution in [2.45, 2.75) is 19.4 Å². The van der Waals surface area contributed by atoms with Crippen molar-refractivity contribution < 1.29 is 9.53 Å². The summed E-state index contributed by atoms with van der Waals surface area (Å²) in [6.07, 6.45) is 0.623. The normalized spacial score (nSPS) is 21.3. The van der Waals surface area contributed by atoms with Gasteiger partial charge in [0.15, 0.2) is 0 Å². The fourth-order valence-corrected chi connectivity index (χ4v) is 1.92. The number of hydrogen-bond donors (Lipinski definition) is 0. The van der Waals surface area contributed by atoms with Crippen LogP contribution in [0.25, 0.3) is 0 Å². The smallest absolute Gasteiger partial charge is 0.414 e. The first-order valence-corrected chi connectivity index (χ1v) is 5.69.